The molecule has 2 aromatic rings. The Labute approximate surface area is 118 Å². The van der Waals surface area contributed by atoms with E-state index >= 15 is 0 Å². The normalized spacial score (nSPS) is 18.2. The number of nitrogens with zero attached hydrogens (tertiary/aromatic N) is 2. The second kappa shape index (κ2) is 6.26. The van der Waals surface area contributed by atoms with Crippen molar-refractivity contribution in [2.75, 3.05) is 13.2 Å². The second-order valence-corrected chi connectivity index (χ2v) is 5.28. The summed E-state index contributed by atoms with van der Waals surface area (Å²) in [5, 5.41) is 0. The number of hydrazine groups is 1. The van der Waals surface area contributed by atoms with E-state index in [9.17, 15) is 0 Å². The number of hydrogen-bond donors (Lipinski definition) is 2. The Morgan fingerprint density at radius 3 is 2.85 bits per heavy atom. The molecular weight excluding hydrogens is 252 g/mol. The topological polar surface area (TPSA) is 73.1 Å². The lowest BCUT2D eigenvalue weighted by Crippen LogP contribution is -2.31. The van der Waals surface area contributed by atoms with Crippen LogP contribution < -0.4 is 11.3 Å². The van der Waals surface area contributed by atoms with Crippen molar-refractivity contribution in [2.45, 2.75) is 25.3 Å². The maximum Gasteiger partial charge on any atom is 0.0935 e. The Kier molecular flexibility index (Phi) is 4.20. The molecule has 20 heavy (non-hydrogen) atoms. The summed E-state index contributed by atoms with van der Waals surface area (Å²) in [4.78, 5) is 8.81. The zero-order valence-corrected chi connectivity index (χ0v) is 11.5. The van der Waals surface area contributed by atoms with E-state index < -0.39 is 0 Å². The molecule has 1 atom stereocenters. The molecule has 5 nitrogen and oxygen atoms in total. The SMILES string of the molecule is NNC(CC1CCOCC1)c1cccc2nccnc12. The Bertz CT molecular complexity index is 563. The number of aromatic nitrogens is 2. The summed E-state index contributed by atoms with van der Waals surface area (Å²) in [6.45, 7) is 1.72. The maximum atomic E-state index is 5.78. The van der Waals surface area contributed by atoms with E-state index in [0.29, 0.717) is 5.92 Å². The third-order valence-corrected chi connectivity index (χ3v) is 4.02. The molecule has 1 aromatic carbocycles. The van der Waals surface area contributed by atoms with E-state index in [2.05, 4.69) is 21.5 Å². The fraction of sp³-hybridized carbons (Fsp3) is 0.467. The molecule has 0 radical (unpaired) electrons. The smallest absolute Gasteiger partial charge is 0.0935 e. The van der Waals surface area contributed by atoms with E-state index in [-0.39, 0.29) is 6.04 Å². The molecule has 1 saturated heterocycles. The van der Waals surface area contributed by atoms with Crippen LogP contribution in [0.1, 0.15) is 30.9 Å². The monoisotopic (exact) mass is 272 g/mol. The van der Waals surface area contributed by atoms with Crippen molar-refractivity contribution in [3.63, 3.8) is 0 Å². The minimum atomic E-state index is 0.110. The summed E-state index contributed by atoms with van der Waals surface area (Å²) in [7, 11) is 0. The molecule has 1 unspecified atom stereocenters. The van der Waals surface area contributed by atoms with E-state index in [1.165, 1.54) is 0 Å². The third-order valence-electron chi connectivity index (χ3n) is 4.02. The van der Waals surface area contributed by atoms with Crippen LogP contribution in [0.3, 0.4) is 0 Å². The number of benzene rings is 1. The van der Waals surface area contributed by atoms with E-state index in [4.69, 9.17) is 10.6 Å². The highest BCUT2D eigenvalue weighted by molar-refractivity contribution is 5.78. The quantitative estimate of drug-likeness (QED) is 0.657. The van der Waals surface area contributed by atoms with Crippen LogP contribution in [0.5, 0.6) is 0 Å². The molecule has 0 bridgehead atoms. The van der Waals surface area contributed by atoms with Gasteiger partial charge in [-0.25, -0.2) is 0 Å². The molecule has 3 N–H and O–H groups in total. The van der Waals surface area contributed by atoms with Gasteiger partial charge in [-0.15, -0.1) is 0 Å². The summed E-state index contributed by atoms with van der Waals surface area (Å²) >= 11 is 0. The van der Waals surface area contributed by atoms with E-state index in [1.807, 2.05) is 12.1 Å². The first kappa shape index (κ1) is 13.4. The number of nitrogens with two attached hydrogens (primary N) is 1. The molecule has 0 spiro atoms. The van der Waals surface area contributed by atoms with Gasteiger partial charge in [0.25, 0.3) is 0 Å². The van der Waals surface area contributed by atoms with Gasteiger partial charge >= 0.3 is 0 Å². The van der Waals surface area contributed by atoms with Crippen LogP contribution in [-0.4, -0.2) is 23.2 Å². The van der Waals surface area contributed by atoms with Crippen molar-refractivity contribution in [3.8, 4) is 0 Å². The molecule has 0 amide bonds. The van der Waals surface area contributed by atoms with Crippen LogP contribution in [0.4, 0.5) is 0 Å². The van der Waals surface area contributed by atoms with Gasteiger partial charge in [-0.3, -0.25) is 21.2 Å². The van der Waals surface area contributed by atoms with Crippen molar-refractivity contribution >= 4 is 11.0 Å². The predicted octanol–water partition coefficient (Wildman–Crippen LogP) is 1.95. The van der Waals surface area contributed by atoms with Crippen molar-refractivity contribution < 1.29 is 4.74 Å². The van der Waals surface area contributed by atoms with Crippen molar-refractivity contribution in [2.24, 2.45) is 11.8 Å². The molecular formula is C15H20N4O. The van der Waals surface area contributed by atoms with Crippen molar-refractivity contribution in [1.82, 2.24) is 15.4 Å². The lowest BCUT2D eigenvalue weighted by molar-refractivity contribution is 0.0605. The largest absolute Gasteiger partial charge is 0.381 e. The van der Waals surface area contributed by atoms with Gasteiger partial charge in [0.1, 0.15) is 0 Å². The molecule has 0 aliphatic carbocycles. The Hall–Kier alpha value is -1.56. The molecule has 0 saturated carbocycles. The van der Waals surface area contributed by atoms with Crippen LogP contribution in [0.2, 0.25) is 0 Å². The number of para-hydroxylation sites is 1. The number of rotatable bonds is 4. The molecule has 1 aromatic heterocycles. The second-order valence-electron chi connectivity index (χ2n) is 5.28. The van der Waals surface area contributed by atoms with Gasteiger partial charge in [-0.1, -0.05) is 12.1 Å². The highest BCUT2D eigenvalue weighted by Gasteiger charge is 2.21. The van der Waals surface area contributed by atoms with Gasteiger partial charge in [0.05, 0.1) is 11.0 Å². The Morgan fingerprint density at radius 2 is 2.05 bits per heavy atom. The van der Waals surface area contributed by atoms with Gasteiger partial charge in [0, 0.05) is 31.6 Å². The summed E-state index contributed by atoms with van der Waals surface area (Å²) in [5.74, 6) is 6.43. The average molecular weight is 272 g/mol. The molecule has 1 aliphatic heterocycles. The predicted molar refractivity (Wildman–Crippen MR) is 77.8 cm³/mol. The van der Waals surface area contributed by atoms with Gasteiger partial charge < -0.3 is 4.74 Å². The fourth-order valence-corrected chi connectivity index (χ4v) is 2.90. The maximum absolute atomic E-state index is 5.78. The van der Waals surface area contributed by atoms with Gasteiger partial charge in [-0.05, 0) is 36.8 Å². The number of ether oxygens (including phenoxy) is 1. The molecule has 2 heterocycles. The summed E-state index contributed by atoms with van der Waals surface area (Å²) in [6.07, 6.45) is 6.67. The van der Waals surface area contributed by atoms with Crippen LogP contribution in [-0.2, 0) is 4.74 Å². The number of fused-ring (bicyclic) bond motifs is 1. The van der Waals surface area contributed by atoms with Gasteiger partial charge in [-0.2, -0.15) is 0 Å². The first-order valence-corrected chi connectivity index (χ1v) is 7.12. The molecule has 5 heteroatoms. The highest BCUT2D eigenvalue weighted by Crippen LogP contribution is 2.29. The molecule has 1 aliphatic rings. The first-order valence-electron chi connectivity index (χ1n) is 7.12. The minimum absolute atomic E-state index is 0.110. The minimum Gasteiger partial charge on any atom is -0.381 e. The average Bonchev–Trinajstić information content (AvgIpc) is 2.53. The lowest BCUT2D eigenvalue weighted by atomic mass is 9.89. The van der Waals surface area contributed by atoms with Crippen molar-refractivity contribution in [1.29, 1.82) is 0 Å². The number of nitrogens with one attached hydrogen (secondary N) is 1. The number of hydrogen-bond acceptors (Lipinski definition) is 5. The molecule has 3 rings (SSSR count). The van der Waals surface area contributed by atoms with Crippen LogP contribution in [0.25, 0.3) is 11.0 Å². The third kappa shape index (κ3) is 2.80. The Morgan fingerprint density at radius 1 is 1.25 bits per heavy atom. The Balaban J connectivity index is 1.86. The fourth-order valence-electron chi connectivity index (χ4n) is 2.90. The van der Waals surface area contributed by atoms with E-state index in [0.717, 1.165) is 49.1 Å². The van der Waals surface area contributed by atoms with Crippen LogP contribution >= 0.6 is 0 Å². The summed E-state index contributed by atoms with van der Waals surface area (Å²) < 4.78 is 5.42. The van der Waals surface area contributed by atoms with Gasteiger partial charge in [0.2, 0.25) is 0 Å². The van der Waals surface area contributed by atoms with Crippen LogP contribution in [0, 0.1) is 5.92 Å². The standard InChI is InChI=1S/C15H20N4O/c16-19-14(10-11-4-8-20-9-5-11)12-2-1-3-13-15(12)18-7-6-17-13/h1-3,6-7,11,14,19H,4-5,8-10,16H2. The first-order chi connectivity index (χ1) is 9.88. The molecule has 1 fully saturated rings. The zero-order valence-electron chi connectivity index (χ0n) is 11.5. The van der Waals surface area contributed by atoms with Crippen LogP contribution in [0.15, 0.2) is 30.6 Å². The highest BCUT2D eigenvalue weighted by atomic mass is 16.5. The van der Waals surface area contributed by atoms with Gasteiger partial charge in [0.15, 0.2) is 0 Å². The van der Waals surface area contributed by atoms with Crippen molar-refractivity contribution in [3.05, 3.63) is 36.2 Å². The lowest BCUT2D eigenvalue weighted by Gasteiger charge is -2.26. The molecule has 106 valence electrons. The summed E-state index contributed by atoms with van der Waals surface area (Å²) in [6, 6.07) is 6.19. The zero-order chi connectivity index (χ0) is 13.8. The summed E-state index contributed by atoms with van der Waals surface area (Å²) in [5.41, 5.74) is 5.93. The van der Waals surface area contributed by atoms with E-state index in [1.54, 1.807) is 12.4 Å².